The number of amides is 1. The lowest BCUT2D eigenvalue weighted by molar-refractivity contribution is -0.128. The summed E-state index contributed by atoms with van der Waals surface area (Å²) < 4.78 is 11.5. The molecule has 0 fully saturated rings. The van der Waals surface area contributed by atoms with E-state index in [4.69, 9.17) is 21.1 Å². The van der Waals surface area contributed by atoms with Gasteiger partial charge in [-0.2, -0.15) is 0 Å². The van der Waals surface area contributed by atoms with Crippen LogP contribution in [-0.4, -0.2) is 25.2 Å². The van der Waals surface area contributed by atoms with Gasteiger partial charge in [-0.25, -0.2) is 0 Å². The summed E-state index contributed by atoms with van der Waals surface area (Å²) >= 11 is 6.02. The summed E-state index contributed by atoms with van der Waals surface area (Å²) in [4.78, 5) is 12.3. The number of carbonyl (C=O) groups excluding carboxylic acids is 1. The molecule has 0 heterocycles. The number of benzene rings is 2. The lowest BCUT2D eigenvalue weighted by Crippen LogP contribution is -2.39. The fourth-order valence-corrected chi connectivity index (χ4v) is 2.53. The number of para-hydroxylation sites is 1. The van der Waals surface area contributed by atoms with Crippen molar-refractivity contribution < 1.29 is 14.3 Å². The molecule has 134 valence electrons. The Morgan fingerprint density at radius 1 is 1.12 bits per heavy atom. The molecule has 0 aliphatic rings. The van der Waals surface area contributed by atoms with Gasteiger partial charge in [-0.1, -0.05) is 42.8 Å². The smallest absolute Gasteiger partial charge is 0.261 e. The second-order valence-electron chi connectivity index (χ2n) is 5.78. The van der Waals surface area contributed by atoms with Gasteiger partial charge in [-0.15, -0.1) is 0 Å². The maximum Gasteiger partial charge on any atom is 0.261 e. The Balaban J connectivity index is 1.83. The Bertz CT molecular complexity index is 718. The predicted octanol–water partition coefficient (Wildman–Crippen LogP) is 4.31. The van der Waals surface area contributed by atoms with Crippen molar-refractivity contribution in [2.24, 2.45) is 0 Å². The van der Waals surface area contributed by atoms with Crippen LogP contribution in [0.25, 0.3) is 0 Å². The first-order valence-corrected chi connectivity index (χ1v) is 8.78. The molecule has 0 radical (unpaired) electrons. The second-order valence-corrected chi connectivity index (χ2v) is 6.19. The van der Waals surface area contributed by atoms with Gasteiger partial charge in [0.2, 0.25) is 0 Å². The van der Waals surface area contributed by atoms with E-state index >= 15 is 0 Å². The molecule has 4 nitrogen and oxygen atoms in total. The van der Waals surface area contributed by atoms with Crippen molar-refractivity contribution in [1.82, 2.24) is 5.32 Å². The minimum Gasteiger partial charge on any atom is -0.490 e. The highest BCUT2D eigenvalue weighted by Crippen LogP contribution is 2.23. The molecule has 2 rings (SSSR count). The van der Waals surface area contributed by atoms with Crippen LogP contribution in [0.4, 0.5) is 0 Å². The summed E-state index contributed by atoms with van der Waals surface area (Å²) in [5.74, 6) is 1.21. The fraction of sp³-hybridized carbons (Fsp3) is 0.350. The quantitative estimate of drug-likeness (QED) is 0.713. The number of hydrogen-bond acceptors (Lipinski definition) is 3. The van der Waals surface area contributed by atoms with Crippen LogP contribution in [0.2, 0.25) is 5.02 Å². The van der Waals surface area contributed by atoms with E-state index < -0.39 is 6.10 Å². The monoisotopic (exact) mass is 361 g/mol. The average molecular weight is 362 g/mol. The van der Waals surface area contributed by atoms with Gasteiger partial charge in [0.05, 0.1) is 11.6 Å². The van der Waals surface area contributed by atoms with E-state index in [1.54, 1.807) is 12.1 Å². The molecular weight excluding hydrogens is 338 g/mol. The summed E-state index contributed by atoms with van der Waals surface area (Å²) in [7, 11) is 0. The van der Waals surface area contributed by atoms with Crippen LogP contribution >= 0.6 is 11.6 Å². The lowest BCUT2D eigenvalue weighted by Gasteiger charge is -2.19. The Labute approximate surface area is 154 Å². The Kier molecular flexibility index (Phi) is 7.14. The van der Waals surface area contributed by atoms with Gasteiger partial charge in [0.1, 0.15) is 18.1 Å². The van der Waals surface area contributed by atoms with Gasteiger partial charge >= 0.3 is 0 Å². The van der Waals surface area contributed by atoms with Crippen molar-refractivity contribution in [3.63, 3.8) is 0 Å². The topological polar surface area (TPSA) is 47.6 Å². The highest BCUT2D eigenvalue weighted by atomic mass is 35.5. The minimum atomic E-state index is -0.527. The van der Waals surface area contributed by atoms with E-state index in [-0.39, 0.29) is 5.91 Å². The van der Waals surface area contributed by atoms with E-state index in [1.165, 1.54) is 0 Å². The zero-order valence-electron chi connectivity index (χ0n) is 14.8. The first kappa shape index (κ1) is 19.1. The van der Waals surface area contributed by atoms with Crippen molar-refractivity contribution >= 4 is 17.5 Å². The highest BCUT2D eigenvalue weighted by molar-refractivity contribution is 6.32. The van der Waals surface area contributed by atoms with Crippen molar-refractivity contribution in [3.8, 4) is 11.5 Å². The summed E-state index contributed by atoms with van der Waals surface area (Å²) in [6.07, 6.45) is 0.0609. The fourth-order valence-electron chi connectivity index (χ4n) is 2.34. The Morgan fingerprint density at radius 2 is 1.84 bits per heavy atom. The summed E-state index contributed by atoms with van der Waals surface area (Å²) in [5.41, 5.74) is 2.19. The summed E-state index contributed by atoms with van der Waals surface area (Å²) in [5, 5.41) is 3.40. The van der Waals surface area contributed by atoms with E-state index in [0.29, 0.717) is 30.3 Å². The molecule has 0 aliphatic carbocycles. The maximum absolute atomic E-state index is 12.3. The van der Waals surface area contributed by atoms with Crippen LogP contribution in [-0.2, 0) is 4.79 Å². The minimum absolute atomic E-state index is 0.147. The molecule has 2 aromatic rings. The van der Waals surface area contributed by atoms with Gasteiger partial charge in [0, 0.05) is 0 Å². The number of rotatable bonds is 8. The van der Waals surface area contributed by atoms with Gasteiger partial charge < -0.3 is 14.8 Å². The van der Waals surface area contributed by atoms with E-state index in [1.807, 2.05) is 51.1 Å². The first-order chi connectivity index (χ1) is 12.0. The molecule has 1 N–H and O–H groups in total. The first-order valence-electron chi connectivity index (χ1n) is 8.40. The molecule has 1 atom stereocenters. The highest BCUT2D eigenvalue weighted by Gasteiger charge is 2.19. The van der Waals surface area contributed by atoms with Crippen LogP contribution in [0.1, 0.15) is 24.5 Å². The number of aryl methyl sites for hydroxylation is 1. The lowest BCUT2D eigenvalue weighted by atomic mass is 10.1. The number of hydrogen-bond donors (Lipinski definition) is 1. The molecule has 0 saturated heterocycles. The Hall–Kier alpha value is -2.20. The summed E-state index contributed by atoms with van der Waals surface area (Å²) in [6.45, 7) is 6.67. The molecule has 2 aromatic carbocycles. The third-order valence-electron chi connectivity index (χ3n) is 3.98. The molecule has 0 bridgehead atoms. The SMILES string of the molecule is CC[C@H](Oc1cccc(C)c1C)C(=O)NCCOc1ccccc1Cl. The van der Waals surface area contributed by atoms with Gasteiger partial charge in [-0.3, -0.25) is 4.79 Å². The van der Waals surface area contributed by atoms with E-state index in [2.05, 4.69) is 5.32 Å². The number of nitrogens with one attached hydrogen (secondary N) is 1. The largest absolute Gasteiger partial charge is 0.490 e. The molecule has 0 saturated carbocycles. The van der Waals surface area contributed by atoms with Crippen molar-refractivity contribution in [1.29, 1.82) is 0 Å². The van der Waals surface area contributed by atoms with Crippen LogP contribution in [0.5, 0.6) is 11.5 Å². The number of halogens is 1. The third kappa shape index (κ3) is 5.40. The molecule has 0 spiro atoms. The van der Waals surface area contributed by atoms with E-state index in [9.17, 15) is 4.79 Å². The number of ether oxygens (including phenoxy) is 2. The van der Waals surface area contributed by atoms with Crippen LogP contribution in [0.15, 0.2) is 42.5 Å². The van der Waals surface area contributed by atoms with Crippen LogP contribution in [0.3, 0.4) is 0 Å². The summed E-state index contributed by atoms with van der Waals surface area (Å²) in [6, 6.07) is 13.1. The van der Waals surface area contributed by atoms with Crippen molar-refractivity contribution in [3.05, 3.63) is 58.6 Å². The molecule has 1 amide bonds. The van der Waals surface area contributed by atoms with Gasteiger partial charge in [-0.05, 0) is 49.6 Å². The standard InChI is InChI=1S/C20H24ClNO3/c1-4-17(25-18-11-7-8-14(2)15(18)3)20(23)22-12-13-24-19-10-6-5-9-16(19)21/h5-11,17H,4,12-13H2,1-3H3,(H,22,23)/t17-/m0/s1. The molecule has 0 unspecified atom stereocenters. The Morgan fingerprint density at radius 3 is 2.56 bits per heavy atom. The van der Waals surface area contributed by atoms with E-state index in [0.717, 1.165) is 16.9 Å². The van der Waals surface area contributed by atoms with Gasteiger partial charge in [0.25, 0.3) is 5.91 Å². The zero-order chi connectivity index (χ0) is 18.2. The normalized spacial score (nSPS) is 11.7. The van der Waals surface area contributed by atoms with Gasteiger partial charge in [0.15, 0.2) is 6.10 Å². The number of carbonyl (C=O) groups is 1. The van der Waals surface area contributed by atoms with Crippen molar-refractivity contribution in [2.45, 2.75) is 33.3 Å². The molecule has 0 aliphatic heterocycles. The molecule has 25 heavy (non-hydrogen) atoms. The second kappa shape index (κ2) is 9.33. The van der Waals surface area contributed by atoms with Crippen molar-refractivity contribution in [2.75, 3.05) is 13.2 Å². The third-order valence-corrected chi connectivity index (χ3v) is 4.30. The average Bonchev–Trinajstić information content (AvgIpc) is 2.61. The molecule has 5 heteroatoms. The van der Waals surface area contributed by atoms with Crippen LogP contribution in [0, 0.1) is 13.8 Å². The predicted molar refractivity (Wildman–Crippen MR) is 101 cm³/mol. The maximum atomic E-state index is 12.3. The molecule has 0 aromatic heterocycles. The molecular formula is C20H24ClNO3. The zero-order valence-corrected chi connectivity index (χ0v) is 15.6. The van der Waals surface area contributed by atoms with Crippen LogP contribution < -0.4 is 14.8 Å².